The molecule has 0 heterocycles. The summed E-state index contributed by atoms with van der Waals surface area (Å²) in [6.45, 7) is 3.96. The zero-order valence-corrected chi connectivity index (χ0v) is 13.6. The van der Waals surface area contributed by atoms with Gasteiger partial charge in [0.1, 0.15) is 9.93 Å². The van der Waals surface area contributed by atoms with Crippen molar-refractivity contribution >= 4 is 23.2 Å². The zero-order chi connectivity index (χ0) is 15.3. The van der Waals surface area contributed by atoms with Crippen molar-refractivity contribution in [2.75, 3.05) is 0 Å². The molecule has 2 atom stereocenters. The molecule has 1 N–H and O–H groups in total. The number of hydrogen-bond acceptors (Lipinski definition) is 1. The third-order valence-corrected chi connectivity index (χ3v) is 5.79. The van der Waals surface area contributed by atoms with Gasteiger partial charge in [-0.25, -0.2) is 0 Å². The highest BCUT2D eigenvalue weighted by molar-refractivity contribution is 6.51. The van der Waals surface area contributed by atoms with E-state index in [9.17, 15) is 5.11 Å². The third-order valence-electron chi connectivity index (χ3n) is 4.68. The van der Waals surface area contributed by atoms with Crippen molar-refractivity contribution in [3.8, 4) is 0 Å². The van der Waals surface area contributed by atoms with Crippen LogP contribution in [0.5, 0.6) is 0 Å². The van der Waals surface area contributed by atoms with E-state index in [0.717, 1.165) is 16.7 Å². The van der Waals surface area contributed by atoms with Gasteiger partial charge in [-0.05, 0) is 24.5 Å². The number of rotatable bonds is 3. The maximum absolute atomic E-state index is 11.6. The topological polar surface area (TPSA) is 20.2 Å². The summed E-state index contributed by atoms with van der Waals surface area (Å²) in [5, 5.41) is 11.6. The largest absolute Gasteiger partial charge is 0.380 e. The minimum absolute atomic E-state index is 0.558. The van der Waals surface area contributed by atoms with E-state index >= 15 is 0 Å². The molecule has 0 aromatic heterocycles. The summed E-state index contributed by atoms with van der Waals surface area (Å²) in [7, 11) is 0. The van der Waals surface area contributed by atoms with E-state index in [-0.39, 0.29) is 0 Å². The Kier molecular flexibility index (Phi) is 3.36. The van der Waals surface area contributed by atoms with Gasteiger partial charge < -0.3 is 5.11 Å². The van der Waals surface area contributed by atoms with E-state index in [1.165, 1.54) is 0 Å². The van der Waals surface area contributed by atoms with E-state index < -0.39 is 15.3 Å². The van der Waals surface area contributed by atoms with Crippen molar-refractivity contribution in [1.82, 2.24) is 0 Å². The van der Waals surface area contributed by atoms with Gasteiger partial charge in [0, 0.05) is 5.41 Å². The molecule has 0 aliphatic heterocycles. The Labute approximate surface area is 135 Å². The molecule has 110 valence electrons. The molecular formula is C18H18Cl2O. The monoisotopic (exact) mass is 320 g/mol. The molecule has 1 saturated carbocycles. The zero-order valence-electron chi connectivity index (χ0n) is 12.1. The van der Waals surface area contributed by atoms with Crippen LogP contribution in [0.2, 0.25) is 0 Å². The lowest BCUT2D eigenvalue weighted by Crippen LogP contribution is -2.39. The van der Waals surface area contributed by atoms with Crippen LogP contribution in [0, 0.1) is 12.3 Å². The lowest BCUT2D eigenvalue weighted by atomic mass is 9.74. The number of hydrogen-bond donors (Lipinski definition) is 1. The molecule has 1 aliphatic rings. The standard InChI is InChI=1S/C18H18Cl2O/c1-13-7-6-10-15(11-13)18(21,14-8-4-3-5-9-14)16(2)12-17(16,19)20/h3-11,21H,12H2,1-2H3/t16-,18-/m1/s1. The van der Waals surface area contributed by atoms with E-state index in [1.54, 1.807) is 0 Å². The maximum Gasteiger partial charge on any atom is 0.127 e. The molecular weight excluding hydrogens is 303 g/mol. The second-order valence-electron chi connectivity index (χ2n) is 6.16. The van der Waals surface area contributed by atoms with E-state index in [4.69, 9.17) is 23.2 Å². The summed E-state index contributed by atoms with van der Waals surface area (Å²) < 4.78 is -0.915. The summed E-state index contributed by atoms with van der Waals surface area (Å²) in [5.41, 5.74) is 0.934. The second-order valence-corrected chi connectivity index (χ2v) is 7.64. The Morgan fingerprint density at radius 3 is 2.10 bits per heavy atom. The fraction of sp³-hybridized carbons (Fsp3) is 0.333. The molecule has 0 amide bonds. The summed E-state index contributed by atoms with van der Waals surface area (Å²) in [5.74, 6) is 0. The minimum atomic E-state index is -1.20. The minimum Gasteiger partial charge on any atom is -0.380 e. The summed E-state index contributed by atoms with van der Waals surface area (Å²) >= 11 is 12.8. The molecule has 0 saturated heterocycles. The molecule has 0 unspecified atom stereocenters. The van der Waals surface area contributed by atoms with Crippen molar-refractivity contribution < 1.29 is 5.11 Å². The maximum atomic E-state index is 11.6. The van der Waals surface area contributed by atoms with Crippen LogP contribution in [-0.4, -0.2) is 9.44 Å². The predicted octanol–water partition coefficient (Wildman–Crippen LogP) is 4.81. The number of aliphatic hydroxyl groups is 1. The average molecular weight is 321 g/mol. The first-order chi connectivity index (χ1) is 9.81. The number of aryl methyl sites for hydroxylation is 1. The van der Waals surface area contributed by atoms with Crippen LogP contribution < -0.4 is 0 Å². The Bertz CT molecular complexity index is 668. The van der Waals surface area contributed by atoms with Gasteiger partial charge in [0.25, 0.3) is 0 Å². The van der Waals surface area contributed by atoms with Crippen LogP contribution in [0.1, 0.15) is 30.0 Å². The summed E-state index contributed by atoms with van der Waals surface area (Å²) in [6, 6.07) is 17.5. The van der Waals surface area contributed by atoms with Gasteiger partial charge in [0.2, 0.25) is 0 Å². The molecule has 0 radical (unpaired) electrons. The number of alkyl halides is 2. The Morgan fingerprint density at radius 2 is 1.57 bits per heavy atom. The van der Waals surface area contributed by atoms with E-state index in [0.29, 0.717) is 6.42 Å². The lowest BCUT2D eigenvalue weighted by Gasteiger charge is -2.37. The van der Waals surface area contributed by atoms with Crippen molar-refractivity contribution in [2.45, 2.75) is 30.2 Å². The predicted molar refractivity (Wildman–Crippen MR) is 87.8 cm³/mol. The molecule has 2 aromatic rings. The van der Waals surface area contributed by atoms with Crippen molar-refractivity contribution in [2.24, 2.45) is 5.41 Å². The molecule has 0 spiro atoms. The first-order valence-electron chi connectivity index (χ1n) is 7.04. The molecule has 21 heavy (non-hydrogen) atoms. The van der Waals surface area contributed by atoms with Gasteiger partial charge >= 0.3 is 0 Å². The van der Waals surface area contributed by atoms with E-state index in [1.807, 2.05) is 68.4 Å². The normalized spacial score (nSPS) is 26.1. The Morgan fingerprint density at radius 1 is 1.00 bits per heavy atom. The Hall–Kier alpha value is -1.02. The van der Waals surface area contributed by atoms with Crippen LogP contribution in [-0.2, 0) is 5.60 Å². The van der Waals surface area contributed by atoms with Crippen LogP contribution >= 0.6 is 23.2 Å². The average Bonchev–Trinajstić information content (AvgIpc) is 2.99. The van der Waals surface area contributed by atoms with Crippen LogP contribution in [0.25, 0.3) is 0 Å². The molecule has 2 aromatic carbocycles. The van der Waals surface area contributed by atoms with Crippen molar-refractivity contribution in [3.63, 3.8) is 0 Å². The van der Waals surface area contributed by atoms with Gasteiger partial charge in [0.05, 0.1) is 0 Å². The molecule has 0 bridgehead atoms. The van der Waals surface area contributed by atoms with Crippen LogP contribution in [0.4, 0.5) is 0 Å². The van der Waals surface area contributed by atoms with Crippen LogP contribution in [0.15, 0.2) is 54.6 Å². The van der Waals surface area contributed by atoms with Gasteiger partial charge in [-0.3, -0.25) is 0 Å². The first kappa shape index (κ1) is 14.9. The highest BCUT2D eigenvalue weighted by Crippen LogP contribution is 2.72. The third kappa shape index (κ3) is 2.11. The summed E-state index contributed by atoms with van der Waals surface area (Å²) in [4.78, 5) is 0. The second kappa shape index (κ2) is 4.74. The smallest absolute Gasteiger partial charge is 0.127 e. The number of halogens is 2. The molecule has 1 aliphatic carbocycles. The van der Waals surface area contributed by atoms with E-state index in [2.05, 4.69) is 0 Å². The van der Waals surface area contributed by atoms with Gasteiger partial charge in [-0.2, -0.15) is 0 Å². The van der Waals surface area contributed by atoms with Gasteiger partial charge in [-0.1, -0.05) is 67.1 Å². The van der Waals surface area contributed by atoms with Crippen molar-refractivity contribution in [3.05, 3.63) is 71.3 Å². The van der Waals surface area contributed by atoms with Gasteiger partial charge in [0.15, 0.2) is 0 Å². The highest BCUT2D eigenvalue weighted by atomic mass is 35.5. The molecule has 1 nitrogen and oxygen atoms in total. The highest BCUT2D eigenvalue weighted by Gasteiger charge is 2.73. The van der Waals surface area contributed by atoms with Crippen molar-refractivity contribution in [1.29, 1.82) is 0 Å². The van der Waals surface area contributed by atoms with Gasteiger partial charge in [-0.15, -0.1) is 23.2 Å². The fourth-order valence-electron chi connectivity index (χ4n) is 3.15. The fourth-order valence-corrected chi connectivity index (χ4v) is 3.95. The molecule has 3 rings (SSSR count). The number of benzene rings is 2. The van der Waals surface area contributed by atoms with Crippen LogP contribution in [0.3, 0.4) is 0 Å². The SMILES string of the molecule is Cc1cccc([C@](O)(c2ccccc2)[C@]2(C)CC2(Cl)Cl)c1. The Balaban J connectivity index is 2.22. The molecule has 3 heteroatoms. The quantitative estimate of drug-likeness (QED) is 0.804. The summed E-state index contributed by atoms with van der Waals surface area (Å²) in [6.07, 6.45) is 0.558. The molecule has 1 fully saturated rings. The first-order valence-corrected chi connectivity index (χ1v) is 7.80. The lowest BCUT2D eigenvalue weighted by molar-refractivity contribution is 0.00833.